The molecule has 32 heavy (non-hydrogen) atoms. The van der Waals surface area contributed by atoms with Crippen LogP contribution in [0, 0.1) is 5.41 Å². The molecule has 0 saturated carbocycles. The van der Waals surface area contributed by atoms with Gasteiger partial charge in [-0.25, -0.2) is 0 Å². The van der Waals surface area contributed by atoms with Crippen molar-refractivity contribution in [1.82, 2.24) is 9.97 Å². The van der Waals surface area contributed by atoms with Crippen LogP contribution in [0.5, 0.6) is 0 Å². The summed E-state index contributed by atoms with van der Waals surface area (Å²) in [6, 6.07) is 12.5. The summed E-state index contributed by atoms with van der Waals surface area (Å²) >= 11 is 0. The van der Waals surface area contributed by atoms with Crippen molar-refractivity contribution in [2.75, 3.05) is 0 Å². The largest absolute Gasteiger partial charge is 0.416 e. The van der Waals surface area contributed by atoms with E-state index >= 15 is 0 Å². The number of rotatable bonds is 7. The molecule has 0 aliphatic rings. The van der Waals surface area contributed by atoms with E-state index in [0.29, 0.717) is 5.56 Å². The van der Waals surface area contributed by atoms with E-state index < -0.39 is 17.7 Å². The lowest BCUT2D eigenvalue weighted by molar-refractivity contribution is -0.137. The van der Waals surface area contributed by atoms with Gasteiger partial charge in [-0.05, 0) is 52.8 Å². The highest BCUT2D eigenvalue weighted by Crippen LogP contribution is 2.35. The van der Waals surface area contributed by atoms with Gasteiger partial charge in [0.2, 0.25) is 0 Å². The second-order valence-electron chi connectivity index (χ2n) is 9.24. The molecule has 1 aromatic carbocycles. The fourth-order valence-electron chi connectivity index (χ4n) is 3.79. The van der Waals surface area contributed by atoms with E-state index in [1.54, 1.807) is 24.7 Å². The number of pyridine rings is 2. The highest BCUT2D eigenvalue weighted by atomic mass is 19.4. The molecule has 3 rings (SSSR count). The van der Waals surface area contributed by atoms with Crippen LogP contribution in [0.25, 0.3) is 0 Å². The second kappa shape index (κ2) is 9.63. The fourth-order valence-corrected chi connectivity index (χ4v) is 3.79. The summed E-state index contributed by atoms with van der Waals surface area (Å²) in [5.41, 5.74) is 2.46. The molecule has 3 aromatic rings. The zero-order chi connectivity index (χ0) is 23.4. The molecule has 0 aliphatic carbocycles. The molecule has 0 radical (unpaired) electrons. The highest BCUT2D eigenvalue weighted by Gasteiger charge is 2.31. The van der Waals surface area contributed by atoms with Crippen LogP contribution in [-0.2, 0) is 23.8 Å². The predicted molar refractivity (Wildman–Crippen MR) is 118 cm³/mol. The third-order valence-electron chi connectivity index (χ3n) is 5.17. The van der Waals surface area contributed by atoms with Crippen molar-refractivity contribution in [2.24, 2.45) is 5.41 Å². The molecule has 0 unspecified atom stereocenters. The van der Waals surface area contributed by atoms with Gasteiger partial charge in [0.15, 0.2) is 0 Å². The molecule has 0 amide bonds. The van der Waals surface area contributed by atoms with Gasteiger partial charge < -0.3 is 0 Å². The SMILES string of the molecule is CC(C)(C)Cc1cccnc1[C@@H](CC(=O)Cc1cccnc1)c1ccc(C(F)(F)F)cc1. The van der Waals surface area contributed by atoms with Crippen molar-refractivity contribution < 1.29 is 18.0 Å². The molecule has 0 fully saturated rings. The highest BCUT2D eigenvalue weighted by molar-refractivity contribution is 5.82. The summed E-state index contributed by atoms with van der Waals surface area (Å²) in [6.07, 6.45) is 1.66. The van der Waals surface area contributed by atoms with Crippen LogP contribution in [0.4, 0.5) is 13.2 Å². The fraction of sp³-hybridized carbons (Fsp3) is 0.346. The molecule has 0 bridgehead atoms. The maximum absolute atomic E-state index is 13.1. The average Bonchev–Trinajstić information content (AvgIpc) is 2.72. The number of aromatic nitrogens is 2. The Morgan fingerprint density at radius 2 is 1.66 bits per heavy atom. The Morgan fingerprint density at radius 1 is 0.969 bits per heavy atom. The number of nitrogens with zero attached hydrogens (tertiary/aromatic N) is 2. The van der Waals surface area contributed by atoms with Crippen LogP contribution in [0.2, 0.25) is 0 Å². The average molecular weight is 441 g/mol. The van der Waals surface area contributed by atoms with Crippen molar-refractivity contribution in [1.29, 1.82) is 0 Å². The molecule has 2 heterocycles. The van der Waals surface area contributed by atoms with Gasteiger partial charge in [-0.3, -0.25) is 14.8 Å². The third kappa shape index (κ3) is 6.49. The Labute approximate surface area is 186 Å². The summed E-state index contributed by atoms with van der Waals surface area (Å²) in [4.78, 5) is 21.6. The van der Waals surface area contributed by atoms with Crippen LogP contribution in [0.15, 0.2) is 67.1 Å². The summed E-state index contributed by atoms with van der Waals surface area (Å²) in [7, 11) is 0. The van der Waals surface area contributed by atoms with Gasteiger partial charge in [0.25, 0.3) is 0 Å². The van der Waals surface area contributed by atoms with Crippen molar-refractivity contribution in [3.8, 4) is 0 Å². The Morgan fingerprint density at radius 3 is 2.25 bits per heavy atom. The molecular formula is C26H27F3N2O. The zero-order valence-corrected chi connectivity index (χ0v) is 18.5. The number of hydrogen-bond donors (Lipinski definition) is 0. The molecule has 2 aromatic heterocycles. The molecule has 168 valence electrons. The van der Waals surface area contributed by atoms with E-state index in [-0.39, 0.29) is 24.0 Å². The summed E-state index contributed by atoms with van der Waals surface area (Å²) in [5.74, 6) is -0.449. The maximum atomic E-state index is 13.1. The first-order chi connectivity index (χ1) is 15.0. The van der Waals surface area contributed by atoms with Crippen LogP contribution in [-0.4, -0.2) is 15.8 Å². The minimum absolute atomic E-state index is 0.0117. The van der Waals surface area contributed by atoms with E-state index in [4.69, 9.17) is 0 Å². The summed E-state index contributed by atoms with van der Waals surface area (Å²) in [6.45, 7) is 6.35. The smallest absolute Gasteiger partial charge is 0.299 e. The lowest BCUT2D eigenvalue weighted by Crippen LogP contribution is -2.17. The van der Waals surface area contributed by atoms with Crippen molar-refractivity contribution in [3.05, 3.63) is 95.1 Å². The first kappa shape index (κ1) is 23.6. The summed E-state index contributed by atoms with van der Waals surface area (Å²) < 4.78 is 39.2. The number of ketones is 1. The van der Waals surface area contributed by atoms with Crippen molar-refractivity contribution in [3.63, 3.8) is 0 Å². The Hall–Kier alpha value is -3.02. The van der Waals surface area contributed by atoms with Crippen molar-refractivity contribution >= 4 is 5.78 Å². The van der Waals surface area contributed by atoms with Crippen LogP contribution in [0.1, 0.15) is 61.1 Å². The maximum Gasteiger partial charge on any atom is 0.416 e. The molecule has 0 saturated heterocycles. The standard InChI is InChI=1S/C26H27F3N2O/c1-25(2,3)16-20-7-5-13-31-24(20)23(15-22(32)14-18-6-4-12-30-17-18)19-8-10-21(11-9-19)26(27,28)29/h4-13,17,23H,14-16H2,1-3H3/t23-/m0/s1. The van der Waals surface area contributed by atoms with Crippen LogP contribution >= 0.6 is 0 Å². The molecule has 3 nitrogen and oxygen atoms in total. The predicted octanol–water partition coefficient (Wildman–Crippen LogP) is 6.42. The number of carbonyl (C=O) groups excluding carboxylic acids is 1. The van der Waals surface area contributed by atoms with Gasteiger partial charge in [-0.1, -0.05) is 45.0 Å². The van der Waals surface area contributed by atoms with E-state index in [1.165, 1.54) is 12.1 Å². The molecule has 1 atom stereocenters. The Bertz CT molecular complexity index is 1040. The van der Waals surface area contributed by atoms with Gasteiger partial charge in [0.05, 0.1) is 11.3 Å². The summed E-state index contributed by atoms with van der Waals surface area (Å²) in [5, 5.41) is 0. The minimum Gasteiger partial charge on any atom is -0.299 e. The van der Waals surface area contributed by atoms with Gasteiger partial charge in [0.1, 0.15) is 5.78 Å². The van der Waals surface area contributed by atoms with Crippen LogP contribution in [0.3, 0.4) is 0 Å². The lowest BCUT2D eigenvalue weighted by Gasteiger charge is -2.24. The molecule has 0 spiro atoms. The number of carbonyl (C=O) groups is 1. The quantitative estimate of drug-likeness (QED) is 0.426. The Kier molecular flexibility index (Phi) is 7.12. The van der Waals surface area contributed by atoms with E-state index in [1.807, 2.05) is 18.2 Å². The van der Waals surface area contributed by atoms with Crippen LogP contribution < -0.4 is 0 Å². The van der Waals surface area contributed by atoms with E-state index in [2.05, 4.69) is 30.7 Å². The second-order valence-corrected chi connectivity index (χ2v) is 9.24. The minimum atomic E-state index is -4.41. The van der Waals surface area contributed by atoms with Gasteiger partial charge in [-0.15, -0.1) is 0 Å². The first-order valence-electron chi connectivity index (χ1n) is 10.5. The number of halogens is 3. The van der Waals surface area contributed by atoms with Gasteiger partial charge in [-0.2, -0.15) is 13.2 Å². The van der Waals surface area contributed by atoms with E-state index in [9.17, 15) is 18.0 Å². The van der Waals surface area contributed by atoms with Gasteiger partial charge in [0, 0.05) is 37.4 Å². The monoisotopic (exact) mass is 440 g/mol. The molecule has 0 aliphatic heterocycles. The lowest BCUT2D eigenvalue weighted by atomic mass is 9.81. The zero-order valence-electron chi connectivity index (χ0n) is 18.5. The number of hydrogen-bond acceptors (Lipinski definition) is 3. The van der Waals surface area contributed by atoms with Crippen molar-refractivity contribution in [2.45, 2.75) is 52.1 Å². The Balaban J connectivity index is 1.97. The number of benzene rings is 1. The number of Topliss-reactive ketones (excluding diaryl/α,β-unsaturated/α-hetero) is 1. The van der Waals surface area contributed by atoms with Gasteiger partial charge >= 0.3 is 6.18 Å². The topological polar surface area (TPSA) is 42.9 Å². The number of alkyl halides is 3. The molecule has 0 N–H and O–H groups in total. The first-order valence-corrected chi connectivity index (χ1v) is 10.5. The molecular weight excluding hydrogens is 413 g/mol. The third-order valence-corrected chi connectivity index (χ3v) is 5.17. The molecule has 6 heteroatoms. The van der Waals surface area contributed by atoms with E-state index in [0.717, 1.165) is 35.4 Å². The normalized spacial score (nSPS) is 13.1.